The zero-order valence-electron chi connectivity index (χ0n) is 17.0. The maximum absolute atomic E-state index is 13.1. The van der Waals surface area contributed by atoms with Gasteiger partial charge in [0.2, 0.25) is 5.91 Å². The van der Waals surface area contributed by atoms with E-state index in [9.17, 15) is 18.0 Å². The van der Waals surface area contributed by atoms with Gasteiger partial charge in [0.15, 0.2) is 0 Å². The quantitative estimate of drug-likeness (QED) is 0.500. The van der Waals surface area contributed by atoms with Crippen LogP contribution in [0.4, 0.5) is 18.9 Å². The van der Waals surface area contributed by atoms with E-state index in [-0.39, 0.29) is 22.9 Å². The molecule has 0 aliphatic carbocycles. The molecule has 7 nitrogen and oxygen atoms in total. The molecule has 162 valence electrons. The van der Waals surface area contributed by atoms with E-state index in [4.69, 9.17) is 11.5 Å². The molecule has 0 bridgehead atoms. The van der Waals surface area contributed by atoms with Gasteiger partial charge in [0.05, 0.1) is 12.2 Å². The summed E-state index contributed by atoms with van der Waals surface area (Å²) in [5, 5.41) is 3.07. The zero-order chi connectivity index (χ0) is 22.5. The number of alkyl halides is 3. The Morgan fingerprint density at radius 1 is 1.30 bits per heavy atom. The van der Waals surface area contributed by atoms with Crippen molar-refractivity contribution in [2.24, 2.45) is 21.5 Å². The first kappa shape index (κ1) is 23.0. The van der Waals surface area contributed by atoms with Crippen molar-refractivity contribution in [3.8, 4) is 0 Å². The van der Waals surface area contributed by atoms with E-state index in [1.165, 1.54) is 26.1 Å². The lowest BCUT2D eigenvalue weighted by molar-refractivity contribution is -0.128. The van der Waals surface area contributed by atoms with Crippen LogP contribution in [0.5, 0.6) is 0 Å². The van der Waals surface area contributed by atoms with Gasteiger partial charge in [-0.3, -0.25) is 9.79 Å². The summed E-state index contributed by atoms with van der Waals surface area (Å²) in [5.74, 6) is 0.106. The fourth-order valence-electron chi connectivity index (χ4n) is 3.07. The number of amides is 1. The Balaban J connectivity index is 2.47. The van der Waals surface area contributed by atoms with Gasteiger partial charge in [-0.25, -0.2) is 4.99 Å². The molecule has 0 atom stereocenters. The second-order valence-electron chi connectivity index (χ2n) is 6.66. The monoisotopic (exact) mass is 422 g/mol. The Morgan fingerprint density at radius 2 is 2.00 bits per heavy atom. The molecule has 10 heteroatoms. The largest absolute Gasteiger partial charge is 0.431 e. The highest BCUT2D eigenvalue weighted by Crippen LogP contribution is 2.30. The molecule has 1 aromatic rings. The van der Waals surface area contributed by atoms with Crippen LogP contribution in [0.2, 0.25) is 0 Å². The van der Waals surface area contributed by atoms with Crippen LogP contribution in [0.25, 0.3) is 5.57 Å². The number of nitrogens with zero attached hydrogens (tertiary/aromatic N) is 3. The van der Waals surface area contributed by atoms with Crippen LogP contribution < -0.4 is 16.8 Å². The van der Waals surface area contributed by atoms with E-state index in [0.29, 0.717) is 30.8 Å². The average Bonchev–Trinajstić information content (AvgIpc) is 2.70. The molecule has 1 heterocycles. The topological polar surface area (TPSA) is 109 Å². The van der Waals surface area contributed by atoms with Gasteiger partial charge in [-0.1, -0.05) is 12.1 Å². The van der Waals surface area contributed by atoms with E-state index < -0.39 is 11.9 Å². The van der Waals surface area contributed by atoms with Crippen LogP contribution in [0.15, 0.2) is 51.2 Å². The molecular weight excluding hydrogens is 397 g/mol. The second-order valence-corrected chi connectivity index (χ2v) is 6.66. The minimum Gasteiger partial charge on any atom is -0.394 e. The van der Waals surface area contributed by atoms with Crippen LogP contribution in [0, 0.1) is 0 Å². The number of nitrogens with two attached hydrogens (primary N) is 2. The van der Waals surface area contributed by atoms with E-state index in [0.717, 1.165) is 11.9 Å². The van der Waals surface area contributed by atoms with E-state index >= 15 is 0 Å². The maximum atomic E-state index is 13.1. The maximum Gasteiger partial charge on any atom is 0.431 e. The Labute approximate surface area is 173 Å². The third-order valence-corrected chi connectivity index (χ3v) is 4.66. The number of allylic oxidation sites excluding steroid dienone is 2. The smallest absolute Gasteiger partial charge is 0.394 e. The molecule has 0 saturated carbocycles. The van der Waals surface area contributed by atoms with Crippen molar-refractivity contribution >= 4 is 29.2 Å². The Bertz CT molecular complexity index is 931. The van der Waals surface area contributed by atoms with E-state index in [1.54, 1.807) is 24.1 Å². The lowest BCUT2D eigenvalue weighted by atomic mass is 10.0. The predicted octanol–water partition coefficient (Wildman–Crippen LogP) is 2.33. The summed E-state index contributed by atoms with van der Waals surface area (Å²) < 4.78 is 39.3. The second kappa shape index (κ2) is 9.47. The molecule has 30 heavy (non-hydrogen) atoms. The van der Waals surface area contributed by atoms with Crippen molar-refractivity contribution in [3.05, 3.63) is 46.8 Å². The van der Waals surface area contributed by atoms with Crippen LogP contribution in [0.3, 0.4) is 0 Å². The lowest BCUT2D eigenvalue weighted by Crippen LogP contribution is -2.40. The van der Waals surface area contributed by atoms with Crippen LogP contribution in [-0.2, 0) is 4.79 Å². The molecule has 2 rings (SSSR count). The van der Waals surface area contributed by atoms with Gasteiger partial charge in [-0.2, -0.15) is 13.2 Å². The Hall–Kier alpha value is -3.30. The standard InChI is InChI=1S/C20H25F3N6O/c1-12(30)29-8-7-17(27-3)16(11-29)19(25)28-14-6-4-5-13(9-14)15(10-26-2)18(24)20(21,22)23/h4-6,9-10,27H,7-8,11,24H2,1-3H3,(H2,25,28). The van der Waals surface area contributed by atoms with Gasteiger partial charge in [-0.05, 0) is 17.7 Å². The molecule has 0 aromatic heterocycles. The van der Waals surface area contributed by atoms with Crippen molar-refractivity contribution in [2.75, 3.05) is 27.2 Å². The molecule has 0 spiro atoms. The number of nitrogens with one attached hydrogen (secondary N) is 1. The first-order chi connectivity index (χ1) is 14.1. The molecule has 0 saturated heterocycles. The molecule has 1 aliphatic heterocycles. The summed E-state index contributed by atoms with van der Waals surface area (Å²) in [6, 6.07) is 6.12. The molecule has 0 radical (unpaired) electrons. The number of rotatable bonds is 5. The highest BCUT2D eigenvalue weighted by Gasteiger charge is 2.34. The van der Waals surface area contributed by atoms with Gasteiger partial charge >= 0.3 is 6.18 Å². The van der Waals surface area contributed by atoms with Crippen LogP contribution in [-0.4, -0.2) is 56.2 Å². The Morgan fingerprint density at radius 3 is 2.57 bits per heavy atom. The number of carbonyl (C=O) groups excluding carboxylic acids is 1. The molecule has 1 aromatic carbocycles. The van der Waals surface area contributed by atoms with Gasteiger partial charge in [0.1, 0.15) is 11.5 Å². The highest BCUT2D eigenvalue weighted by molar-refractivity contribution is 6.11. The predicted molar refractivity (Wildman–Crippen MR) is 112 cm³/mol. The van der Waals surface area contributed by atoms with Crippen LogP contribution >= 0.6 is 0 Å². The minimum atomic E-state index is -4.69. The van der Waals surface area contributed by atoms with Crippen LogP contribution in [0.1, 0.15) is 18.9 Å². The number of carbonyl (C=O) groups is 1. The summed E-state index contributed by atoms with van der Waals surface area (Å²) in [4.78, 5) is 21.4. The first-order valence-electron chi connectivity index (χ1n) is 9.17. The van der Waals surface area contributed by atoms with Crippen molar-refractivity contribution in [3.63, 3.8) is 0 Å². The number of hydrogen-bond acceptors (Lipinski definition) is 5. The minimum absolute atomic E-state index is 0.0753. The third-order valence-electron chi connectivity index (χ3n) is 4.66. The van der Waals surface area contributed by atoms with Crippen molar-refractivity contribution in [1.29, 1.82) is 0 Å². The van der Waals surface area contributed by atoms with Gasteiger partial charge in [0, 0.05) is 57.0 Å². The number of aliphatic imine (C=N–C) groups is 2. The normalized spacial score (nSPS) is 16.7. The van der Waals surface area contributed by atoms with E-state index in [2.05, 4.69) is 15.3 Å². The van der Waals surface area contributed by atoms with Gasteiger partial charge in [0.25, 0.3) is 0 Å². The number of benzene rings is 1. The number of amidine groups is 1. The van der Waals surface area contributed by atoms with Gasteiger partial charge in [-0.15, -0.1) is 0 Å². The first-order valence-corrected chi connectivity index (χ1v) is 9.17. The number of halogens is 3. The summed E-state index contributed by atoms with van der Waals surface area (Å²) in [7, 11) is 3.12. The fraction of sp³-hybridized carbons (Fsp3) is 0.350. The zero-order valence-corrected chi connectivity index (χ0v) is 17.0. The van der Waals surface area contributed by atoms with Crippen molar-refractivity contribution in [1.82, 2.24) is 10.2 Å². The highest BCUT2D eigenvalue weighted by atomic mass is 19.4. The average molecular weight is 422 g/mol. The third kappa shape index (κ3) is 5.40. The molecule has 0 unspecified atom stereocenters. The summed E-state index contributed by atoms with van der Waals surface area (Å²) in [6.45, 7) is 2.35. The number of hydrogen-bond donors (Lipinski definition) is 3. The fourth-order valence-corrected chi connectivity index (χ4v) is 3.07. The SMILES string of the molecule is CN=CC(=C(N)C(F)(F)F)c1cccc(N=C(N)C2=C(NC)CCN(C(C)=O)C2)c1. The Kier molecular flexibility index (Phi) is 7.25. The van der Waals surface area contributed by atoms with E-state index in [1.807, 2.05) is 0 Å². The summed E-state index contributed by atoms with van der Waals surface area (Å²) in [6.07, 6.45) is -3.04. The van der Waals surface area contributed by atoms with Gasteiger partial charge < -0.3 is 21.7 Å². The summed E-state index contributed by atoms with van der Waals surface area (Å²) in [5.41, 5.74) is 12.1. The summed E-state index contributed by atoms with van der Waals surface area (Å²) >= 11 is 0. The molecule has 1 amide bonds. The van der Waals surface area contributed by atoms with Crippen molar-refractivity contribution in [2.45, 2.75) is 19.5 Å². The molecular formula is C20H25F3N6O. The lowest BCUT2D eigenvalue weighted by Gasteiger charge is -2.29. The molecule has 1 aliphatic rings. The molecule has 5 N–H and O–H groups in total. The molecule has 0 fully saturated rings. The van der Waals surface area contributed by atoms with Crippen molar-refractivity contribution < 1.29 is 18.0 Å².